The molecule has 0 aliphatic rings. The van der Waals surface area contributed by atoms with Crippen LogP contribution in [-0.2, 0) is 14.3 Å². The van der Waals surface area contributed by atoms with E-state index in [1.807, 2.05) is 0 Å². The number of nitrogens with zero attached hydrogens (tertiary/aromatic N) is 1. The van der Waals surface area contributed by atoms with Crippen molar-refractivity contribution in [3.8, 4) is 11.8 Å². The summed E-state index contributed by atoms with van der Waals surface area (Å²) in [7, 11) is 1.50. The van der Waals surface area contributed by atoms with Gasteiger partial charge in [0.15, 0.2) is 6.10 Å². The zero-order valence-corrected chi connectivity index (χ0v) is 15.0. The molecule has 0 heterocycles. The number of imide groups is 1. The van der Waals surface area contributed by atoms with Crippen LogP contribution in [0.5, 0.6) is 5.75 Å². The number of benzene rings is 1. The van der Waals surface area contributed by atoms with E-state index in [1.165, 1.54) is 20.1 Å². The van der Waals surface area contributed by atoms with Crippen molar-refractivity contribution in [2.45, 2.75) is 32.9 Å². The zero-order chi connectivity index (χ0) is 19.7. The first kappa shape index (κ1) is 20.7. The molecule has 0 bridgehead atoms. The fourth-order valence-corrected chi connectivity index (χ4v) is 1.82. The number of hydrogen-bond acceptors (Lipinski definition) is 6. The van der Waals surface area contributed by atoms with E-state index in [0.29, 0.717) is 11.3 Å². The van der Waals surface area contributed by atoms with E-state index in [4.69, 9.17) is 14.7 Å². The van der Waals surface area contributed by atoms with Gasteiger partial charge in [0.2, 0.25) is 0 Å². The highest BCUT2D eigenvalue weighted by atomic mass is 16.5. The Labute approximate surface area is 151 Å². The Kier molecular flexibility index (Phi) is 7.83. The predicted molar refractivity (Wildman–Crippen MR) is 93.9 cm³/mol. The van der Waals surface area contributed by atoms with Crippen molar-refractivity contribution in [2.75, 3.05) is 7.11 Å². The highest BCUT2D eigenvalue weighted by molar-refractivity contribution is 6.01. The molecule has 0 aliphatic heterocycles. The Morgan fingerprint density at radius 3 is 2.50 bits per heavy atom. The number of ether oxygens (including phenoxy) is 2. The van der Waals surface area contributed by atoms with Gasteiger partial charge in [0.05, 0.1) is 7.11 Å². The van der Waals surface area contributed by atoms with Gasteiger partial charge < -0.3 is 14.8 Å². The molecule has 1 atom stereocenters. The zero-order valence-electron chi connectivity index (χ0n) is 15.0. The maximum Gasteiger partial charge on any atom is 0.349 e. The highest BCUT2D eigenvalue weighted by Crippen LogP contribution is 2.16. The van der Waals surface area contributed by atoms with Gasteiger partial charge >= 0.3 is 12.0 Å². The monoisotopic (exact) mass is 359 g/mol. The molecule has 0 aliphatic carbocycles. The van der Waals surface area contributed by atoms with E-state index in [2.05, 4.69) is 10.6 Å². The smallest absolute Gasteiger partial charge is 0.349 e. The molecular weight excluding hydrogens is 338 g/mol. The van der Waals surface area contributed by atoms with Gasteiger partial charge in [-0.25, -0.2) is 9.59 Å². The van der Waals surface area contributed by atoms with Crippen molar-refractivity contribution >= 4 is 24.0 Å². The third-order valence-electron chi connectivity index (χ3n) is 3.05. The molecule has 138 valence electrons. The number of carbonyl (C=O) groups excluding carboxylic acids is 3. The summed E-state index contributed by atoms with van der Waals surface area (Å²) < 4.78 is 10.0. The molecule has 1 aromatic carbocycles. The van der Waals surface area contributed by atoms with Crippen molar-refractivity contribution < 1.29 is 23.9 Å². The summed E-state index contributed by atoms with van der Waals surface area (Å²) in [4.78, 5) is 35.4. The van der Waals surface area contributed by atoms with Gasteiger partial charge in [0.1, 0.15) is 17.4 Å². The molecule has 1 rings (SSSR count). The van der Waals surface area contributed by atoms with E-state index in [0.717, 1.165) is 0 Å². The van der Waals surface area contributed by atoms with Crippen molar-refractivity contribution in [3.63, 3.8) is 0 Å². The van der Waals surface area contributed by atoms with Gasteiger partial charge in [0, 0.05) is 6.04 Å². The average molecular weight is 359 g/mol. The number of methoxy groups -OCH3 is 1. The molecular formula is C18H21N3O5. The second kappa shape index (κ2) is 9.84. The number of esters is 1. The van der Waals surface area contributed by atoms with Crippen LogP contribution in [0.25, 0.3) is 6.08 Å². The van der Waals surface area contributed by atoms with Crippen LogP contribution in [0.2, 0.25) is 0 Å². The number of amides is 3. The van der Waals surface area contributed by atoms with E-state index in [9.17, 15) is 14.4 Å². The summed E-state index contributed by atoms with van der Waals surface area (Å²) in [5, 5.41) is 13.7. The summed E-state index contributed by atoms with van der Waals surface area (Å²) in [5.41, 5.74) is 0.274. The molecule has 8 nitrogen and oxygen atoms in total. The van der Waals surface area contributed by atoms with Crippen molar-refractivity contribution in [3.05, 3.63) is 35.4 Å². The van der Waals surface area contributed by atoms with Crippen LogP contribution in [0.4, 0.5) is 4.79 Å². The lowest BCUT2D eigenvalue weighted by atomic mass is 10.1. The van der Waals surface area contributed by atoms with Gasteiger partial charge in [-0.05, 0) is 44.5 Å². The molecule has 26 heavy (non-hydrogen) atoms. The highest BCUT2D eigenvalue weighted by Gasteiger charge is 2.22. The molecule has 0 saturated heterocycles. The van der Waals surface area contributed by atoms with Gasteiger partial charge in [0.25, 0.3) is 5.91 Å². The minimum absolute atomic E-state index is 0.156. The fraction of sp³-hybridized carbons (Fsp3) is 0.333. The second-order valence-electron chi connectivity index (χ2n) is 5.61. The maximum atomic E-state index is 12.1. The van der Waals surface area contributed by atoms with E-state index in [1.54, 1.807) is 44.2 Å². The van der Waals surface area contributed by atoms with Crippen LogP contribution in [0.3, 0.4) is 0 Å². The van der Waals surface area contributed by atoms with Crippen molar-refractivity contribution in [1.82, 2.24) is 10.6 Å². The molecule has 0 spiro atoms. The lowest BCUT2D eigenvalue weighted by Gasteiger charge is -2.14. The summed E-state index contributed by atoms with van der Waals surface area (Å²) in [5.74, 6) is -1.20. The molecule has 3 amide bonds. The van der Waals surface area contributed by atoms with Gasteiger partial charge in [-0.2, -0.15) is 5.26 Å². The number of urea groups is 1. The van der Waals surface area contributed by atoms with Crippen LogP contribution in [0.1, 0.15) is 26.3 Å². The quantitative estimate of drug-likeness (QED) is 0.454. The standard InChI is InChI=1S/C18H21N3O5/c1-11(2)20-18(24)21-16(22)12(3)26-17(23)14(10-19)8-13-6-5-7-15(9-13)25-4/h5-9,11-12H,1-4H3,(H2,20,21,22,24)/b14-8+/t12-/m1/s1. The Morgan fingerprint density at radius 1 is 1.23 bits per heavy atom. The third kappa shape index (κ3) is 6.65. The number of rotatable bonds is 6. The number of hydrogen-bond donors (Lipinski definition) is 2. The molecule has 2 N–H and O–H groups in total. The molecule has 0 radical (unpaired) electrons. The summed E-state index contributed by atoms with van der Waals surface area (Å²) in [6.07, 6.45) is 0.0727. The summed E-state index contributed by atoms with van der Waals surface area (Å²) in [6, 6.07) is 7.62. The topological polar surface area (TPSA) is 118 Å². The number of nitrogens with one attached hydrogen (secondary N) is 2. The summed E-state index contributed by atoms with van der Waals surface area (Å²) in [6.45, 7) is 4.77. The number of nitriles is 1. The first-order chi connectivity index (χ1) is 12.3. The number of carbonyl (C=O) groups is 3. The Balaban J connectivity index is 2.76. The third-order valence-corrected chi connectivity index (χ3v) is 3.05. The van der Waals surface area contributed by atoms with Crippen LogP contribution in [-0.4, -0.2) is 37.2 Å². The van der Waals surface area contributed by atoms with Gasteiger partial charge in [-0.3, -0.25) is 10.1 Å². The van der Waals surface area contributed by atoms with Gasteiger partial charge in [-0.15, -0.1) is 0 Å². The molecule has 1 aromatic rings. The van der Waals surface area contributed by atoms with Crippen molar-refractivity contribution in [2.24, 2.45) is 0 Å². The Hall–Kier alpha value is -3.34. The lowest BCUT2D eigenvalue weighted by Crippen LogP contribution is -2.46. The first-order valence-corrected chi connectivity index (χ1v) is 7.85. The average Bonchev–Trinajstić information content (AvgIpc) is 2.58. The molecule has 0 saturated carbocycles. The molecule has 0 unspecified atom stereocenters. The molecule has 0 fully saturated rings. The van der Waals surface area contributed by atoms with Crippen LogP contribution in [0.15, 0.2) is 29.8 Å². The van der Waals surface area contributed by atoms with Crippen LogP contribution < -0.4 is 15.4 Å². The molecule has 8 heteroatoms. The van der Waals surface area contributed by atoms with Crippen molar-refractivity contribution in [1.29, 1.82) is 5.26 Å². The molecule has 0 aromatic heterocycles. The lowest BCUT2D eigenvalue weighted by molar-refractivity contribution is -0.150. The van der Waals surface area contributed by atoms with E-state index >= 15 is 0 Å². The normalized spacial score (nSPS) is 11.9. The maximum absolute atomic E-state index is 12.1. The van der Waals surface area contributed by atoms with E-state index < -0.39 is 24.0 Å². The largest absolute Gasteiger partial charge is 0.497 e. The predicted octanol–water partition coefficient (Wildman–Crippen LogP) is 1.77. The SMILES string of the molecule is COc1cccc(/C=C(\C#N)C(=O)O[C@H](C)C(=O)NC(=O)NC(C)C)c1. The van der Waals surface area contributed by atoms with Gasteiger partial charge in [-0.1, -0.05) is 12.1 Å². The van der Waals surface area contributed by atoms with Crippen LogP contribution in [0, 0.1) is 11.3 Å². The minimum atomic E-state index is -1.25. The van der Waals surface area contributed by atoms with Crippen LogP contribution >= 0.6 is 0 Å². The Morgan fingerprint density at radius 2 is 1.92 bits per heavy atom. The Bertz CT molecular complexity index is 749. The second-order valence-corrected chi connectivity index (χ2v) is 5.61. The summed E-state index contributed by atoms with van der Waals surface area (Å²) >= 11 is 0. The fourth-order valence-electron chi connectivity index (χ4n) is 1.82. The minimum Gasteiger partial charge on any atom is -0.497 e. The first-order valence-electron chi connectivity index (χ1n) is 7.85. The van der Waals surface area contributed by atoms with E-state index in [-0.39, 0.29) is 11.6 Å².